The number of hydrogen-bond donors (Lipinski definition) is 4. The van der Waals surface area contributed by atoms with Crippen molar-refractivity contribution in [2.24, 2.45) is 0 Å². The molecule has 2 aromatic rings. The highest BCUT2D eigenvalue weighted by molar-refractivity contribution is 9.10. The summed E-state index contributed by atoms with van der Waals surface area (Å²) in [6.07, 6.45) is 0.147. The van der Waals surface area contributed by atoms with E-state index < -0.39 is 35.2 Å². The number of aromatic nitrogens is 1. The first-order valence-corrected chi connectivity index (χ1v) is 9.82. The van der Waals surface area contributed by atoms with E-state index in [0.29, 0.717) is 10.9 Å². The van der Waals surface area contributed by atoms with Gasteiger partial charge in [0.15, 0.2) is 0 Å². The Balaban J connectivity index is 2.09. The molecular formula is C19H23BrF3N3O4. The fraction of sp³-hybridized carbons (Fsp3) is 0.474. The van der Waals surface area contributed by atoms with E-state index in [1.165, 1.54) is 25.3 Å². The Morgan fingerprint density at radius 2 is 2.00 bits per heavy atom. The molecule has 0 spiro atoms. The molecule has 2 rings (SSSR count). The van der Waals surface area contributed by atoms with Crippen molar-refractivity contribution in [3.8, 4) is 0 Å². The fourth-order valence-corrected chi connectivity index (χ4v) is 3.07. The van der Waals surface area contributed by atoms with Crippen molar-refractivity contribution in [3.63, 3.8) is 0 Å². The summed E-state index contributed by atoms with van der Waals surface area (Å²) < 4.78 is 46.8. The van der Waals surface area contributed by atoms with E-state index in [9.17, 15) is 27.9 Å². The van der Waals surface area contributed by atoms with Gasteiger partial charge in [-0.25, -0.2) is 4.39 Å². The van der Waals surface area contributed by atoms with Gasteiger partial charge >= 0.3 is 5.92 Å². The summed E-state index contributed by atoms with van der Waals surface area (Å²) in [4.78, 5) is 27.3. The van der Waals surface area contributed by atoms with Gasteiger partial charge in [0.05, 0.1) is 4.47 Å². The van der Waals surface area contributed by atoms with Crippen molar-refractivity contribution in [2.75, 3.05) is 20.3 Å². The summed E-state index contributed by atoms with van der Waals surface area (Å²) in [5.74, 6) is -6.74. The number of hydrogen-bond acceptors (Lipinski definition) is 4. The normalized spacial score (nSPS) is 13.3. The average Bonchev–Trinajstić information content (AvgIpc) is 3.10. The summed E-state index contributed by atoms with van der Waals surface area (Å²) in [6, 6.07) is 3.29. The lowest BCUT2D eigenvalue weighted by atomic mass is 9.99. The molecule has 2 amide bonds. The van der Waals surface area contributed by atoms with E-state index in [2.05, 4.69) is 31.5 Å². The summed E-state index contributed by atoms with van der Waals surface area (Å²) >= 11 is 3.12. The SMILES string of the molecule is COCCC(CNC(=O)c1cc2c(Br)c(F)ccc2[nH]1)NC(=O)C(F)(F)C(C)(C)O. The van der Waals surface area contributed by atoms with E-state index >= 15 is 0 Å². The van der Waals surface area contributed by atoms with Crippen LogP contribution in [0.25, 0.3) is 10.9 Å². The number of fused-ring (bicyclic) bond motifs is 1. The third-order valence-electron chi connectivity index (χ3n) is 4.50. The lowest BCUT2D eigenvalue weighted by Crippen LogP contribution is -2.57. The lowest BCUT2D eigenvalue weighted by molar-refractivity contribution is -0.183. The lowest BCUT2D eigenvalue weighted by Gasteiger charge is -2.29. The molecule has 0 aliphatic carbocycles. The highest BCUT2D eigenvalue weighted by atomic mass is 79.9. The second-order valence-corrected chi connectivity index (χ2v) is 8.09. The van der Waals surface area contributed by atoms with E-state index in [-0.39, 0.29) is 29.7 Å². The highest BCUT2D eigenvalue weighted by Gasteiger charge is 2.52. The molecule has 1 aromatic carbocycles. The van der Waals surface area contributed by atoms with Crippen LogP contribution in [0.15, 0.2) is 22.7 Å². The van der Waals surface area contributed by atoms with E-state index in [1.54, 1.807) is 0 Å². The maximum Gasteiger partial charge on any atom is 0.351 e. The van der Waals surface area contributed by atoms with Gasteiger partial charge in [-0.1, -0.05) is 0 Å². The topological polar surface area (TPSA) is 103 Å². The molecule has 11 heteroatoms. The molecule has 0 aliphatic heterocycles. The molecular weight excluding hydrogens is 471 g/mol. The summed E-state index contributed by atoms with van der Waals surface area (Å²) in [6.45, 7) is 1.64. The van der Waals surface area contributed by atoms with Gasteiger partial charge in [-0.15, -0.1) is 0 Å². The molecule has 0 aliphatic rings. The Bertz CT molecular complexity index is 928. The third kappa shape index (κ3) is 5.32. The van der Waals surface area contributed by atoms with Crippen LogP contribution in [0.2, 0.25) is 0 Å². The van der Waals surface area contributed by atoms with Gasteiger partial charge in [0.2, 0.25) is 0 Å². The van der Waals surface area contributed by atoms with Crippen LogP contribution in [-0.4, -0.2) is 59.7 Å². The number of methoxy groups -OCH3 is 1. The van der Waals surface area contributed by atoms with E-state index in [1.807, 2.05) is 0 Å². The average molecular weight is 494 g/mol. The van der Waals surface area contributed by atoms with Crippen molar-refractivity contribution >= 4 is 38.6 Å². The van der Waals surface area contributed by atoms with Crippen LogP contribution >= 0.6 is 15.9 Å². The van der Waals surface area contributed by atoms with Crippen LogP contribution in [0.5, 0.6) is 0 Å². The number of ether oxygens (including phenoxy) is 1. The van der Waals surface area contributed by atoms with Crippen LogP contribution in [0.1, 0.15) is 30.8 Å². The Morgan fingerprint density at radius 1 is 1.33 bits per heavy atom. The van der Waals surface area contributed by atoms with Gasteiger partial charge < -0.3 is 25.5 Å². The Kier molecular flexibility index (Phi) is 7.54. The molecule has 30 heavy (non-hydrogen) atoms. The summed E-state index contributed by atoms with van der Waals surface area (Å²) in [5, 5.41) is 14.7. The third-order valence-corrected chi connectivity index (χ3v) is 5.31. The summed E-state index contributed by atoms with van der Waals surface area (Å²) in [5.41, 5.74) is -1.89. The minimum absolute atomic E-state index is 0.134. The largest absolute Gasteiger partial charge is 0.385 e. The zero-order chi connectivity index (χ0) is 22.7. The van der Waals surface area contributed by atoms with Gasteiger partial charge in [0.1, 0.15) is 17.1 Å². The molecule has 7 nitrogen and oxygen atoms in total. The van der Waals surface area contributed by atoms with Crippen LogP contribution in [0, 0.1) is 5.82 Å². The molecule has 1 unspecified atom stereocenters. The van der Waals surface area contributed by atoms with Crippen LogP contribution in [0.4, 0.5) is 13.2 Å². The maximum absolute atomic E-state index is 14.0. The number of H-pyrrole nitrogens is 1. The minimum Gasteiger partial charge on any atom is -0.385 e. The number of halogens is 4. The molecule has 0 saturated carbocycles. The van der Waals surface area contributed by atoms with Gasteiger partial charge in [-0.2, -0.15) is 8.78 Å². The number of amides is 2. The standard InChI is InChI=1S/C19H23BrF3N3O4/c1-18(2,29)19(22,23)17(28)25-10(6-7-30-3)9-24-16(27)14-8-11-13(26-14)5-4-12(21)15(11)20/h4-5,8,10,26,29H,6-7,9H2,1-3H3,(H,24,27)(H,25,28). The smallest absolute Gasteiger partial charge is 0.351 e. The summed E-state index contributed by atoms with van der Waals surface area (Å²) in [7, 11) is 1.41. The predicted molar refractivity (Wildman–Crippen MR) is 108 cm³/mol. The van der Waals surface area contributed by atoms with E-state index in [0.717, 1.165) is 13.8 Å². The highest BCUT2D eigenvalue weighted by Crippen LogP contribution is 2.29. The molecule has 0 fully saturated rings. The maximum atomic E-state index is 14.0. The molecule has 1 heterocycles. The molecule has 0 radical (unpaired) electrons. The molecule has 0 saturated heterocycles. The first-order chi connectivity index (χ1) is 13.9. The zero-order valence-corrected chi connectivity index (χ0v) is 18.2. The van der Waals surface area contributed by atoms with E-state index in [4.69, 9.17) is 4.74 Å². The minimum atomic E-state index is -4.03. The van der Waals surface area contributed by atoms with Gasteiger partial charge in [0.25, 0.3) is 11.8 Å². The van der Waals surface area contributed by atoms with Crippen LogP contribution in [0.3, 0.4) is 0 Å². The van der Waals surface area contributed by atoms with Gasteiger partial charge in [-0.05, 0) is 54.4 Å². The predicted octanol–water partition coefficient (Wildman–Crippen LogP) is 2.73. The zero-order valence-electron chi connectivity index (χ0n) is 16.6. The van der Waals surface area contributed by atoms with Crippen molar-refractivity contribution in [2.45, 2.75) is 37.8 Å². The Hall–Kier alpha value is -2.11. The molecule has 166 valence electrons. The van der Waals surface area contributed by atoms with Gasteiger partial charge in [0, 0.05) is 37.2 Å². The number of alkyl halides is 2. The van der Waals surface area contributed by atoms with Crippen LogP contribution < -0.4 is 10.6 Å². The number of aliphatic hydroxyl groups is 1. The number of carbonyl (C=O) groups excluding carboxylic acids is 2. The number of rotatable bonds is 9. The molecule has 0 bridgehead atoms. The Morgan fingerprint density at radius 3 is 2.60 bits per heavy atom. The molecule has 4 N–H and O–H groups in total. The second kappa shape index (κ2) is 9.36. The first-order valence-electron chi connectivity index (χ1n) is 9.03. The van der Waals surface area contributed by atoms with Gasteiger partial charge in [-0.3, -0.25) is 9.59 Å². The molecule has 1 aromatic heterocycles. The molecule has 1 atom stereocenters. The van der Waals surface area contributed by atoms with Crippen molar-refractivity contribution < 1.29 is 32.6 Å². The number of benzene rings is 1. The first kappa shape index (κ1) is 24.2. The fourth-order valence-electron chi connectivity index (χ4n) is 2.61. The number of aromatic amines is 1. The number of nitrogens with one attached hydrogen (secondary N) is 3. The van der Waals surface area contributed by atoms with Crippen molar-refractivity contribution in [1.29, 1.82) is 0 Å². The number of carbonyl (C=O) groups is 2. The van der Waals surface area contributed by atoms with Crippen molar-refractivity contribution in [1.82, 2.24) is 15.6 Å². The van der Waals surface area contributed by atoms with Crippen LogP contribution in [-0.2, 0) is 9.53 Å². The quantitative estimate of drug-likeness (QED) is 0.431. The van der Waals surface area contributed by atoms with Crippen molar-refractivity contribution in [3.05, 3.63) is 34.2 Å². The second-order valence-electron chi connectivity index (χ2n) is 7.30. The Labute approximate surface area is 179 Å². The monoisotopic (exact) mass is 493 g/mol.